The molecule has 1 aliphatic heterocycles. The maximum atomic E-state index is 12.4. The number of hydrogen-bond donors (Lipinski definition) is 1. The van der Waals surface area contributed by atoms with Crippen molar-refractivity contribution in [2.24, 2.45) is 0 Å². The highest BCUT2D eigenvalue weighted by Gasteiger charge is 2.16. The van der Waals surface area contributed by atoms with Crippen LogP contribution in [0.15, 0.2) is 61.2 Å². The molecule has 3 heterocycles. The van der Waals surface area contributed by atoms with Crippen molar-refractivity contribution >= 4 is 11.6 Å². The van der Waals surface area contributed by atoms with Crippen molar-refractivity contribution in [3.63, 3.8) is 0 Å². The summed E-state index contributed by atoms with van der Waals surface area (Å²) in [5, 5.41) is 7.18. The number of rotatable bonds is 5. The molecule has 6 heteroatoms. The molecule has 3 aromatic rings. The molecule has 6 nitrogen and oxygen atoms in total. The number of carbonyl (C=O) groups is 1. The van der Waals surface area contributed by atoms with E-state index in [9.17, 15) is 4.79 Å². The Morgan fingerprint density at radius 2 is 2.04 bits per heavy atom. The van der Waals surface area contributed by atoms with Crippen LogP contribution in [-0.2, 0) is 11.3 Å². The fourth-order valence-corrected chi connectivity index (χ4v) is 3.02. The largest absolute Gasteiger partial charge is 0.376 e. The van der Waals surface area contributed by atoms with Crippen molar-refractivity contribution in [1.29, 1.82) is 0 Å². The number of nitrogens with one attached hydrogen (secondary N) is 1. The van der Waals surface area contributed by atoms with Gasteiger partial charge in [-0.25, -0.2) is 0 Å². The minimum absolute atomic E-state index is 0.143. The molecule has 0 bridgehead atoms. The summed E-state index contributed by atoms with van der Waals surface area (Å²) in [6.07, 6.45) is 9.85. The maximum Gasteiger partial charge on any atom is 0.255 e. The molecule has 1 unspecified atom stereocenters. The van der Waals surface area contributed by atoms with E-state index in [0.29, 0.717) is 11.3 Å². The van der Waals surface area contributed by atoms with E-state index < -0.39 is 0 Å². The molecule has 1 atom stereocenters. The summed E-state index contributed by atoms with van der Waals surface area (Å²) < 4.78 is 9.43. The maximum absolute atomic E-state index is 12.4. The standard InChI is InChI=1S/C19H20N4O2/c24-19(15-5-7-17(8-6-15)22-9-1-2-10-22)21-16-12-20-23(13-16)14-18-4-3-11-25-18/h1-2,5-10,12-13,18H,3-4,11,14H2,(H,21,24). The summed E-state index contributed by atoms with van der Waals surface area (Å²) >= 11 is 0. The van der Waals surface area contributed by atoms with Crippen LogP contribution in [0.4, 0.5) is 5.69 Å². The summed E-state index contributed by atoms with van der Waals surface area (Å²) in [6, 6.07) is 11.4. The monoisotopic (exact) mass is 336 g/mol. The first-order valence-corrected chi connectivity index (χ1v) is 8.47. The Bertz CT molecular complexity index is 831. The average molecular weight is 336 g/mol. The number of aromatic nitrogens is 3. The number of amides is 1. The third-order valence-electron chi connectivity index (χ3n) is 4.34. The van der Waals surface area contributed by atoms with Gasteiger partial charge in [0.25, 0.3) is 5.91 Å². The third-order valence-corrected chi connectivity index (χ3v) is 4.34. The highest BCUT2D eigenvalue weighted by Crippen LogP contribution is 2.16. The van der Waals surface area contributed by atoms with Gasteiger partial charge in [-0.05, 0) is 49.2 Å². The van der Waals surface area contributed by atoms with Crippen LogP contribution in [0.1, 0.15) is 23.2 Å². The second kappa shape index (κ2) is 6.94. The zero-order valence-electron chi connectivity index (χ0n) is 13.8. The Morgan fingerprint density at radius 1 is 1.24 bits per heavy atom. The summed E-state index contributed by atoms with van der Waals surface area (Å²) in [6.45, 7) is 1.55. The van der Waals surface area contributed by atoms with Crippen molar-refractivity contribution in [1.82, 2.24) is 14.3 Å². The molecule has 1 saturated heterocycles. The normalized spacial score (nSPS) is 16.9. The van der Waals surface area contributed by atoms with Gasteiger partial charge in [0.1, 0.15) is 0 Å². The van der Waals surface area contributed by atoms with E-state index >= 15 is 0 Å². The average Bonchev–Trinajstić information content (AvgIpc) is 3.38. The molecule has 25 heavy (non-hydrogen) atoms. The van der Waals surface area contributed by atoms with Gasteiger partial charge in [0.05, 0.1) is 24.5 Å². The van der Waals surface area contributed by atoms with Crippen LogP contribution < -0.4 is 5.32 Å². The Hall–Kier alpha value is -2.86. The molecule has 1 fully saturated rings. The highest BCUT2D eigenvalue weighted by atomic mass is 16.5. The Labute approximate surface area is 146 Å². The molecule has 0 aliphatic carbocycles. The molecule has 4 rings (SSSR count). The molecule has 0 saturated carbocycles. The molecule has 1 aromatic carbocycles. The van der Waals surface area contributed by atoms with Gasteiger partial charge >= 0.3 is 0 Å². The Balaban J connectivity index is 1.39. The van der Waals surface area contributed by atoms with Crippen molar-refractivity contribution in [2.45, 2.75) is 25.5 Å². The summed E-state index contributed by atoms with van der Waals surface area (Å²) in [5.74, 6) is -0.143. The lowest BCUT2D eigenvalue weighted by molar-refractivity contribution is 0.0940. The molecule has 0 radical (unpaired) electrons. The summed E-state index contributed by atoms with van der Waals surface area (Å²) in [7, 11) is 0. The van der Waals surface area contributed by atoms with Gasteiger partial charge in [0.15, 0.2) is 0 Å². The first-order valence-electron chi connectivity index (χ1n) is 8.47. The van der Waals surface area contributed by atoms with Crippen molar-refractivity contribution in [3.05, 3.63) is 66.7 Å². The van der Waals surface area contributed by atoms with Gasteiger partial charge in [0, 0.05) is 36.4 Å². The zero-order chi connectivity index (χ0) is 17.1. The van der Waals surface area contributed by atoms with Crippen LogP contribution >= 0.6 is 0 Å². The molecule has 128 valence electrons. The van der Waals surface area contributed by atoms with Gasteiger partial charge in [-0.1, -0.05) is 0 Å². The lowest BCUT2D eigenvalue weighted by atomic mass is 10.2. The van der Waals surface area contributed by atoms with E-state index in [-0.39, 0.29) is 12.0 Å². The molecule has 2 aromatic heterocycles. The van der Waals surface area contributed by atoms with Gasteiger partial charge in [-0.3, -0.25) is 9.48 Å². The van der Waals surface area contributed by atoms with Crippen LogP contribution in [0.5, 0.6) is 0 Å². The van der Waals surface area contributed by atoms with Gasteiger partial charge < -0.3 is 14.6 Å². The van der Waals surface area contributed by atoms with Crippen molar-refractivity contribution < 1.29 is 9.53 Å². The van der Waals surface area contributed by atoms with Crippen LogP contribution in [0.2, 0.25) is 0 Å². The van der Waals surface area contributed by atoms with Crippen LogP contribution in [0, 0.1) is 0 Å². The van der Waals surface area contributed by atoms with E-state index in [0.717, 1.165) is 31.7 Å². The van der Waals surface area contributed by atoms with Crippen molar-refractivity contribution in [2.75, 3.05) is 11.9 Å². The van der Waals surface area contributed by atoms with Crippen LogP contribution in [0.3, 0.4) is 0 Å². The molecule has 1 amide bonds. The Morgan fingerprint density at radius 3 is 2.76 bits per heavy atom. The number of nitrogens with zero attached hydrogens (tertiary/aromatic N) is 3. The van der Waals surface area contributed by atoms with E-state index in [1.165, 1.54) is 0 Å². The molecular weight excluding hydrogens is 316 g/mol. The molecule has 1 aliphatic rings. The van der Waals surface area contributed by atoms with Gasteiger partial charge in [-0.2, -0.15) is 5.10 Å². The SMILES string of the molecule is O=C(Nc1cnn(CC2CCCO2)c1)c1ccc(-n2cccc2)cc1. The summed E-state index contributed by atoms with van der Waals surface area (Å²) in [4.78, 5) is 12.4. The van der Waals surface area contributed by atoms with Crippen molar-refractivity contribution in [3.8, 4) is 5.69 Å². The van der Waals surface area contributed by atoms with E-state index in [1.54, 1.807) is 6.20 Å². The fourth-order valence-electron chi connectivity index (χ4n) is 3.02. The lowest BCUT2D eigenvalue weighted by Crippen LogP contribution is -2.15. The van der Waals surface area contributed by atoms with E-state index in [4.69, 9.17) is 4.74 Å². The minimum atomic E-state index is -0.143. The number of hydrogen-bond acceptors (Lipinski definition) is 3. The topological polar surface area (TPSA) is 61.1 Å². The third kappa shape index (κ3) is 3.64. The van der Waals surface area contributed by atoms with Gasteiger partial charge in [0.2, 0.25) is 0 Å². The van der Waals surface area contributed by atoms with Gasteiger partial charge in [-0.15, -0.1) is 0 Å². The first kappa shape index (κ1) is 15.7. The highest BCUT2D eigenvalue weighted by molar-refractivity contribution is 6.04. The number of carbonyl (C=O) groups excluding carboxylic acids is 1. The molecule has 1 N–H and O–H groups in total. The predicted octanol–water partition coefficient (Wildman–Crippen LogP) is 3.11. The zero-order valence-corrected chi connectivity index (χ0v) is 13.8. The number of ether oxygens (including phenoxy) is 1. The number of benzene rings is 1. The van der Waals surface area contributed by atoms with Crippen LogP contribution in [0.25, 0.3) is 5.69 Å². The van der Waals surface area contributed by atoms with E-state index in [1.807, 2.05) is 64.2 Å². The first-order chi connectivity index (χ1) is 12.3. The number of anilines is 1. The Kier molecular flexibility index (Phi) is 4.35. The second-order valence-corrected chi connectivity index (χ2v) is 6.18. The molecule has 0 spiro atoms. The van der Waals surface area contributed by atoms with E-state index in [2.05, 4.69) is 10.4 Å². The van der Waals surface area contributed by atoms with Crippen LogP contribution in [-0.4, -0.2) is 33.0 Å². The fraction of sp³-hybridized carbons (Fsp3) is 0.263. The smallest absolute Gasteiger partial charge is 0.255 e. The molecular formula is C19H20N4O2. The minimum Gasteiger partial charge on any atom is -0.376 e. The second-order valence-electron chi connectivity index (χ2n) is 6.18. The lowest BCUT2D eigenvalue weighted by Gasteiger charge is -2.08. The quantitative estimate of drug-likeness (QED) is 0.779. The predicted molar refractivity (Wildman–Crippen MR) is 94.9 cm³/mol. The summed E-state index contributed by atoms with van der Waals surface area (Å²) in [5.41, 5.74) is 2.33.